The van der Waals surface area contributed by atoms with Crippen molar-refractivity contribution in [2.24, 2.45) is 0 Å². The Morgan fingerprint density at radius 3 is 2.76 bits per heavy atom. The third-order valence-electron chi connectivity index (χ3n) is 2.51. The number of rotatable bonds is 2. The van der Waals surface area contributed by atoms with Crippen LogP contribution in [0.25, 0.3) is 10.8 Å². The Morgan fingerprint density at radius 2 is 2.06 bits per heavy atom. The second kappa shape index (κ2) is 4.54. The molecule has 0 atom stereocenters. The van der Waals surface area contributed by atoms with E-state index in [-0.39, 0.29) is 0 Å². The lowest BCUT2D eigenvalue weighted by Crippen LogP contribution is -2.18. The number of methoxy groups -OCH3 is 1. The summed E-state index contributed by atoms with van der Waals surface area (Å²) in [7, 11) is 1.49. The molecule has 0 unspecified atom stereocenters. The molecule has 0 spiro atoms. The maximum atomic E-state index is 11.8. The predicted molar refractivity (Wildman–Crippen MR) is 63.6 cm³/mol. The monoisotopic (exact) mass is 226 g/mol. The Labute approximate surface area is 98.4 Å². The maximum absolute atomic E-state index is 11.8. The molecule has 0 aromatic heterocycles. The van der Waals surface area contributed by atoms with E-state index in [1.54, 1.807) is 12.3 Å². The van der Waals surface area contributed by atoms with Gasteiger partial charge in [-0.25, -0.2) is 0 Å². The highest BCUT2D eigenvalue weighted by Crippen LogP contribution is 2.27. The number of fused-ring (bicyclic) bond motifs is 1. The van der Waals surface area contributed by atoms with Gasteiger partial charge in [0, 0.05) is 0 Å². The van der Waals surface area contributed by atoms with Gasteiger partial charge in [-0.15, -0.1) is 0 Å². The van der Waals surface area contributed by atoms with E-state index in [0.29, 0.717) is 11.3 Å². The van der Waals surface area contributed by atoms with Crippen molar-refractivity contribution >= 4 is 16.7 Å². The van der Waals surface area contributed by atoms with Crippen LogP contribution in [-0.4, -0.2) is 13.0 Å². The second-order valence-corrected chi connectivity index (χ2v) is 3.43. The summed E-state index contributed by atoms with van der Waals surface area (Å²) in [6.45, 7) is 0. The summed E-state index contributed by atoms with van der Waals surface area (Å²) in [6, 6.07) is 11.0. The summed E-state index contributed by atoms with van der Waals surface area (Å²) in [4.78, 5) is 11.8. The van der Waals surface area contributed by atoms with Gasteiger partial charge in [-0.2, -0.15) is 5.26 Å². The summed E-state index contributed by atoms with van der Waals surface area (Å²) in [5, 5.41) is 12.3. The van der Waals surface area contributed by atoms with Crippen LogP contribution in [0.2, 0.25) is 0 Å². The van der Waals surface area contributed by atoms with Crippen molar-refractivity contribution in [2.75, 3.05) is 7.11 Å². The van der Waals surface area contributed by atoms with Gasteiger partial charge in [-0.3, -0.25) is 10.1 Å². The Balaban J connectivity index is 2.72. The average molecular weight is 226 g/mol. The minimum Gasteiger partial charge on any atom is -0.496 e. The zero-order valence-corrected chi connectivity index (χ0v) is 9.23. The number of hydrogen-bond acceptors (Lipinski definition) is 3. The van der Waals surface area contributed by atoms with Crippen LogP contribution < -0.4 is 10.1 Å². The van der Waals surface area contributed by atoms with Gasteiger partial charge in [-0.1, -0.05) is 30.3 Å². The highest BCUT2D eigenvalue weighted by Gasteiger charge is 2.15. The number of carbonyl (C=O) groups excluding carboxylic acids is 1. The topological polar surface area (TPSA) is 62.1 Å². The lowest BCUT2D eigenvalue weighted by atomic mass is 10.0. The number of nitrogens with zero attached hydrogens (tertiary/aromatic N) is 1. The third kappa shape index (κ3) is 1.91. The third-order valence-corrected chi connectivity index (χ3v) is 2.51. The molecule has 0 saturated carbocycles. The standard InChI is InChI=1S/C13H10N2O2/c1-17-11-7-6-9-4-2-3-5-10(9)12(11)13(16)15-8-14/h2-7H,1H3,(H,15,16). The van der Waals surface area contributed by atoms with Crippen molar-refractivity contribution in [3.63, 3.8) is 0 Å². The van der Waals surface area contributed by atoms with E-state index in [1.807, 2.05) is 30.3 Å². The molecule has 0 aliphatic carbocycles. The molecular weight excluding hydrogens is 216 g/mol. The van der Waals surface area contributed by atoms with E-state index in [2.05, 4.69) is 5.32 Å². The molecule has 0 saturated heterocycles. The van der Waals surface area contributed by atoms with Crippen LogP contribution in [0.15, 0.2) is 36.4 Å². The van der Waals surface area contributed by atoms with Crippen molar-refractivity contribution in [3.8, 4) is 11.9 Å². The van der Waals surface area contributed by atoms with Crippen LogP contribution in [-0.2, 0) is 0 Å². The van der Waals surface area contributed by atoms with Gasteiger partial charge in [0.25, 0.3) is 5.91 Å². The molecule has 1 amide bonds. The molecule has 2 rings (SSSR count). The van der Waals surface area contributed by atoms with Gasteiger partial charge in [0.1, 0.15) is 5.75 Å². The summed E-state index contributed by atoms with van der Waals surface area (Å²) in [5.74, 6) is -0.00222. The van der Waals surface area contributed by atoms with E-state index in [0.717, 1.165) is 10.8 Å². The molecular formula is C13H10N2O2. The van der Waals surface area contributed by atoms with E-state index < -0.39 is 5.91 Å². The normalized spacial score (nSPS) is 9.65. The summed E-state index contributed by atoms with van der Waals surface area (Å²) >= 11 is 0. The molecule has 2 aromatic rings. The smallest absolute Gasteiger partial charge is 0.268 e. The van der Waals surface area contributed by atoms with Crippen LogP contribution >= 0.6 is 0 Å². The molecule has 0 heterocycles. The Hall–Kier alpha value is -2.54. The minimum absolute atomic E-state index is 0.382. The van der Waals surface area contributed by atoms with Gasteiger partial charge in [0.2, 0.25) is 0 Å². The van der Waals surface area contributed by atoms with Gasteiger partial charge < -0.3 is 4.74 Å². The Morgan fingerprint density at radius 1 is 1.29 bits per heavy atom. The summed E-state index contributed by atoms with van der Waals surface area (Å²) in [5.41, 5.74) is 0.382. The molecule has 0 bridgehead atoms. The number of amides is 1. The molecule has 0 aliphatic heterocycles. The maximum Gasteiger partial charge on any atom is 0.268 e. The number of hydrogen-bond donors (Lipinski definition) is 1. The highest BCUT2D eigenvalue weighted by atomic mass is 16.5. The fourth-order valence-corrected chi connectivity index (χ4v) is 1.77. The van der Waals surface area contributed by atoms with Crippen LogP contribution in [0.1, 0.15) is 10.4 Å². The number of nitrogens with one attached hydrogen (secondary N) is 1. The Bertz CT molecular complexity index is 614. The van der Waals surface area contributed by atoms with Crippen LogP contribution in [0.3, 0.4) is 0 Å². The van der Waals surface area contributed by atoms with Crippen LogP contribution in [0.4, 0.5) is 0 Å². The van der Waals surface area contributed by atoms with E-state index in [9.17, 15) is 4.79 Å². The first-order chi connectivity index (χ1) is 8.27. The average Bonchev–Trinajstić information content (AvgIpc) is 2.37. The van der Waals surface area contributed by atoms with Gasteiger partial charge >= 0.3 is 0 Å². The van der Waals surface area contributed by atoms with Crippen molar-refractivity contribution in [1.82, 2.24) is 5.32 Å². The van der Waals surface area contributed by atoms with Crippen LogP contribution in [0.5, 0.6) is 5.75 Å². The van der Waals surface area contributed by atoms with Gasteiger partial charge in [0.15, 0.2) is 6.19 Å². The molecule has 1 N–H and O–H groups in total. The SMILES string of the molecule is COc1ccc2ccccc2c1C(=O)NC#N. The first kappa shape index (κ1) is 11.0. The molecule has 0 radical (unpaired) electrons. The van der Waals surface area contributed by atoms with Gasteiger partial charge in [-0.05, 0) is 16.8 Å². The lowest BCUT2D eigenvalue weighted by molar-refractivity contribution is 0.0971. The first-order valence-electron chi connectivity index (χ1n) is 5.03. The molecule has 4 heteroatoms. The van der Waals surface area contributed by atoms with Crippen molar-refractivity contribution < 1.29 is 9.53 Å². The van der Waals surface area contributed by atoms with Gasteiger partial charge in [0.05, 0.1) is 12.7 Å². The number of ether oxygens (including phenoxy) is 1. The molecule has 4 nitrogen and oxygen atoms in total. The summed E-state index contributed by atoms with van der Waals surface area (Å²) < 4.78 is 5.15. The quantitative estimate of drug-likeness (QED) is 0.629. The molecule has 2 aromatic carbocycles. The van der Waals surface area contributed by atoms with Crippen molar-refractivity contribution in [1.29, 1.82) is 5.26 Å². The fourth-order valence-electron chi connectivity index (χ4n) is 1.77. The zero-order valence-electron chi connectivity index (χ0n) is 9.23. The minimum atomic E-state index is -0.457. The lowest BCUT2D eigenvalue weighted by Gasteiger charge is -2.09. The van der Waals surface area contributed by atoms with Crippen LogP contribution in [0, 0.1) is 11.5 Å². The summed E-state index contributed by atoms with van der Waals surface area (Å²) in [6.07, 6.45) is 1.63. The molecule has 17 heavy (non-hydrogen) atoms. The zero-order chi connectivity index (χ0) is 12.3. The number of benzene rings is 2. The van der Waals surface area contributed by atoms with E-state index in [4.69, 9.17) is 10.00 Å². The van der Waals surface area contributed by atoms with Crippen molar-refractivity contribution in [2.45, 2.75) is 0 Å². The molecule has 0 fully saturated rings. The highest BCUT2D eigenvalue weighted by molar-refractivity contribution is 6.09. The predicted octanol–water partition coefficient (Wildman–Crippen LogP) is 2.06. The largest absolute Gasteiger partial charge is 0.496 e. The van der Waals surface area contributed by atoms with E-state index >= 15 is 0 Å². The molecule has 84 valence electrons. The fraction of sp³-hybridized carbons (Fsp3) is 0.0769. The molecule has 0 aliphatic rings. The Kier molecular flexibility index (Phi) is 2.93. The first-order valence-corrected chi connectivity index (χ1v) is 5.03. The van der Waals surface area contributed by atoms with Crippen molar-refractivity contribution in [3.05, 3.63) is 42.0 Å². The van der Waals surface area contributed by atoms with E-state index in [1.165, 1.54) is 7.11 Å². The second-order valence-electron chi connectivity index (χ2n) is 3.43. The number of nitriles is 1. The number of carbonyl (C=O) groups is 1.